The number of ether oxygens (including phenoxy) is 1. The molecule has 0 spiro atoms. The summed E-state index contributed by atoms with van der Waals surface area (Å²) in [4.78, 5) is 3.00. The molecule has 26 heavy (non-hydrogen) atoms. The molecule has 2 heterocycles. The summed E-state index contributed by atoms with van der Waals surface area (Å²) in [5.41, 5.74) is 0. The highest BCUT2D eigenvalue weighted by atomic mass is 32.2. The fraction of sp³-hybridized carbons (Fsp3) is 0.700. The maximum Gasteiger partial charge on any atom is 0.243 e. The molecule has 2 saturated heterocycles. The Morgan fingerprint density at radius 1 is 1.00 bits per heavy atom. The third-order valence-corrected chi connectivity index (χ3v) is 7.76. The maximum atomic E-state index is 12.7. The molecule has 3 rings (SSSR count). The van der Waals surface area contributed by atoms with Crippen LogP contribution in [0.15, 0.2) is 35.2 Å². The largest absolute Gasteiger partial charge is 0.382 e. The van der Waals surface area contributed by atoms with Crippen molar-refractivity contribution in [2.45, 2.75) is 50.0 Å². The van der Waals surface area contributed by atoms with Crippen molar-refractivity contribution in [3.8, 4) is 0 Å². The van der Waals surface area contributed by atoms with Gasteiger partial charge in [0.25, 0.3) is 0 Å². The number of rotatable bonds is 7. The molecule has 0 aromatic heterocycles. The number of hydrogen-bond donors (Lipinski definition) is 0. The minimum absolute atomic E-state index is 0.411. The normalized spacial score (nSPS) is 21.9. The van der Waals surface area contributed by atoms with Crippen molar-refractivity contribution in [1.82, 2.24) is 9.21 Å². The Morgan fingerprint density at radius 2 is 1.65 bits per heavy atom. The molecule has 0 saturated carbocycles. The van der Waals surface area contributed by atoms with Crippen molar-refractivity contribution < 1.29 is 13.2 Å². The van der Waals surface area contributed by atoms with Crippen molar-refractivity contribution in [3.63, 3.8) is 0 Å². The third-order valence-electron chi connectivity index (χ3n) is 5.84. The van der Waals surface area contributed by atoms with E-state index in [9.17, 15) is 8.42 Å². The average molecular weight is 381 g/mol. The topological polar surface area (TPSA) is 49.9 Å². The molecular formula is C20H32N2O3S. The molecule has 0 radical (unpaired) electrons. The minimum Gasteiger partial charge on any atom is -0.382 e. The lowest BCUT2D eigenvalue weighted by Gasteiger charge is -2.41. The third kappa shape index (κ3) is 4.85. The van der Waals surface area contributed by atoms with E-state index in [2.05, 4.69) is 4.90 Å². The van der Waals surface area contributed by atoms with Crippen molar-refractivity contribution in [2.24, 2.45) is 5.92 Å². The average Bonchev–Trinajstić information content (AvgIpc) is 2.69. The molecule has 2 fully saturated rings. The number of nitrogens with zero attached hydrogens (tertiary/aromatic N) is 2. The van der Waals surface area contributed by atoms with Crippen LogP contribution in [0.5, 0.6) is 0 Å². The predicted octanol–water partition coefficient (Wildman–Crippen LogP) is 2.98. The van der Waals surface area contributed by atoms with Crippen molar-refractivity contribution in [1.29, 1.82) is 0 Å². The van der Waals surface area contributed by atoms with Crippen LogP contribution in [0.2, 0.25) is 0 Å². The van der Waals surface area contributed by atoms with Gasteiger partial charge in [-0.2, -0.15) is 4.31 Å². The van der Waals surface area contributed by atoms with Crippen LogP contribution in [-0.4, -0.2) is 63.1 Å². The van der Waals surface area contributed by atoms with E-state index in [0.717, 1.165) is 45.1 Å². The van der Waals surface area contributed by atoms with Gasteiger partial charge in [0.2, 0.25) is 10.0 Å². The molecular weight excluding hydrogens is 348 g/mol. The second-order valence-electron chi connectivity index (χ2n) is 7.41. The van der Waals surface area contributed by atoms with Crippen LogP contribution in [0.25, 0.3) is 0 Å². The molecule has 1 aromatic carbocycles. The molecule has 0 unspecified atom stereocenters. The molecule has 0 bridgehead atoms. The number of benzene rings is 1. The molecule has 0 amide bonds. The molecule has 2 aliphatic heterocycles. The van der Waals surface area contributed by atoms with E-state index in [1.807, 2.05) is 13.0 Å². The van der Waals surface area contributed by atoms with Gasteiger partial charge in [0.1, 0.15) is 0 Å². The van der Waals surface area contributed by atoms with Gasteiger partial charge in [-0.05, 0) is 70.2 Å². The minimum atomic E-state index is -3.34. The van der Waals surface area contributed by atoms with Gasteiger partial charge in [0.05, 0.1) is 4.90 Å². The Morgan fingerprint density at radius 3 is 2.27 bits per heavy atom. The maximum absolute atomic E-state index is 12.7. The van der Waals surface area contributed by atoms with Gasteiger partial charge in [0, 0.05) is 32.3 Å². The van der Waals surface area contributed by atoms with E-state index in [1.54, 1.807) is 28.6 Å². The van der Waals surface area contributed by atoms with Crippen LogP contribution in [0, 0.1) is 5.92 Å². The summed E-state index contributed by atoms with van der Waals surface area (Å²) < 4.78 is 32.6. The number of sulfonamides is 1. The number of hydrogen-bond acceptors (Lipinski definition) is 4. The molecule has 2 aliphatic rings. The quantitative estimate of drug-likeness (QED) is 0.683. The van der Waals surface area contributed by atoms with Crippen LogP contribution in [0.1, 0.15) is 39.0 Å². The van der Waals surface area contributed by atoms with Crippen LogP contribution in [0.3, 0.4) is 0 Å². The van der Waals surface area contributed by atoms with Crippen molar-refractivity contribution in [2.75, 3.05) is 39.4 Å². The van der Waals surface area contributed by atoms with E-state index in [1.165, 1.54) is 19.3 Å². The summed E-state index contributed by atoms with van der Waals surface area (Å²) in [6.07, 6.45) is 5.55. The van der Waals surface area contributed by atoms with Gasteiger partial charge < -0.3 is 9.64 Å². The first-order valence-electron chi connectivity index (χ1n) is 9.98. The van der Waals surface area contributed by atoms with E-state index >= 15 is 0 Å². The van der Waals surface area contributed by atoms with E-state index < -0.39 is 10.0 Å². The summed E-state index contributed by atoms with van der Waals surface area (Å²) in [7, 11) is -3.34. The van der Waals surface area contributed by atoms with Gasteiger partial charge in [0.15, 0.2) is 0 Å². The van der Waals surface area contributed by atoms with Gasteiger partial charge in [-0.15, -0.1) is 0 Å². The predicted molar refractivity (Wildman–Crippen MR) is 104 cm³/mol. The molecule has 0 atom stereocenters. The monoisotopic (exact) mass is 380 g/mol. The van der Waals surface area contributed by atoms with Gasteiger partial charge in [-0.25, -0.2) is 8.42 Å². The zero-order chi connectivity index (χ0) is 18.4. The molecule has 5 nitrogen and oxygen atoms in total. The van der Waals surface area contributed by atoms with E-state index in [4.69, 9.17) is 4.74 Å². The highest BCUT2D eigenvalue weighted by Crippen LogP contribution is 2.27. The highest BCUT2D eigenvalue weighted by molar-refractivity contribution is 7.89. The Bertz CT molecular complexity index is 634. The van der Waals surface area contributed by atoms with Crippen LogP contribution >= 0.6 is 0 Å². The molecule has 0 N–H and O–H groups in total. The zero-order valence-electron chi connectivity index (χ0n) is 15.8. The first kappa shape index (κ1) is 19.8. The lowest BCUT2D eigenvalue weighted by Crippen LogP contribution is -2.49. The SMILES string of the molecule is CCOCCC1CCN(C2CCN(S(=O)(=O)c3ccccc3)CC2)CC1. The Kier molecular flexibility index (Phi) is 7.09. The fourth-order valence-electron chi connectivity index (χ4n) is 4.19. The Balaban J connectivity index is 1.46. The van der Waals surface area contributed by atoms with E-state index in [0.29, 0.717) is 24.0 Å². The van der Waals surface area contributed by atoms with Gasteiger partial charge in [-0.3, -0.25) is 0 Å². The Hall–Kier alpha value is -0.950. The van der Waals surface area contributed by atoms with Crippen molar-refractivity contribution in [3.05, 3.63) is 30.3 Å². The highest BCUT2D eigenvalue weighted by Gasteiger charge is 2.32. The van der Waals surface area contributed by atoms with Crippen LogP contribution in [-0.2, 0) is 14.8 Å². The summed E-state index contributed by atoms with van der Waals surface area (Å²) in [6.45, 7) is 7.30. The van der Waals surface area contributed by atoms with Crippen LogP contribution in [0.4, 0.5) is 0 Å². The summed E-state index contributed by atoms with van der Waals surface area (Å²) in [5.74, 6) is 0.788. The van der Waals surface area contributed by atoms with Gasteiger partial charge >= 0.3 is 0 Å². The lowest BCUT2D eigenvalue weighted by atomic mass is 9.91. The first-order valence-corrected chi connectivity index (χ1v) is 11.4. The second-order valence-corrected chi connectivity index (χ2v) is 9.35. The fourth-order valence-corrected chi connectivity index (χ4v) is 5.68. The molecule has 0 aliphatic carbocycles. The molecule has 6 heteroatoms. The Labute approximate surface area is 158 Å². The second kappa shape index (κ2) is 9.31. The molecule has 1 aromatic rings. The standard InChI is InChI=1S/C20H32N2O3S/c1-2-25-17-12-18-8-13-21(14-9-18)19-10-15-22(16-11-19)26(23,24)20-6-4-3-5-7-20/h3-7,18-19H,2,8-17H2,1H3. The first-order chi connectivity index (χ1) is 12.6. The number of piperidine rings is 2. The lowest BCUT2D eigenvalue weighted by molar-refractivity contribution is 0.0773. The summed E-state index contributed by atoms with van der Waals surface area (Å²) in [5, 5.41) is 0. The van der Waals surface area contributed by atoms with E-state index in [-0.39, 0.29) is 0 Å². The summed E-state index contributed by atoms with van der Waals surface area (Å²) in [6, 6.07) is 9.33. The van der Waals surface area contributed by atoms with Gasteiger partial charge in [-0.1, -0.05) is 18.2 Å². The zero-order valence-corrected chi connectivity index (χ0v) is 16.7. The number of likely N-dealkylation sites (tertiary alicyclic amines) is 1. The summed E-state index contributed by atoms with van der Waals surface area (Å²) >= 11 is 0. The van der Waals surface area contributed by atoms with Crippen molar-refractivity contribution >= 4 is 10.0 Å². The molecule has 146 valence electrons. The van der Waals surface area contributed by atoms with Crippen LogP contribution < -0.4 is 0 Å². The smallest absolute Gasteiger partial charge is 0.243 e.